The minimum atomic E-state index is -5.28. The molecule has 0 rings (SSSR count). The Hall–Kier alpha value is -0.950. The smallest absolute Gasteiger partial charge is 0.455 e. The van der Waals surface area contributed by atoms with Crippen LogP contribution in [-0.2, 0) is 9.53 Å². The van der Waals surface area contributed by atoms with Crippen LogP contribution in [0.4, 0.5) is 26.3 Å². The molecule has 0 aliphatic heterocycles. The SMILES string of the molecule is CC(C)C(CC(F)(F)F)OC(=O)C(F)(F)F. The van der Waals surface area contributed by atoms with Crippen LogP contribution < -0.4 is 0 Å². The summed E-state index contributed by atoms with van der Waals surface area (Å²) < 4.78 is 74.8. The predicted molar refractivity (Wildman–Crippen MR) is 41.4 cm³/mol. The fraction of sp³-hybridized carbons (Fsp3) is 0.875. The molecule has 0 aromatic carbocycles. The maximum absolute atomic E-state index is 11.9. The molecule has 0 aliphatic carbocycles. The van der Waals surface area contributed by atoms with Gasteiger partial charge in [-0.3, -0.25) is 0 Å². The van der Waals surface area contributed by atoms with Gasteiger partial charge in [0.2, 0.25) is 0 Å². The summed E-state index contributed by atoms with van der Waals surface area (Å²) in [6.45, 7) is 2.47. The van der Waals surface area contributed by atoms with Gasteiger partial charge in [-0.25, -0.2) is 4.79 Å². The zero-order chi connectivity index (χ0) is 13.1. The molecule has 0 radical (unpaired) electrons. The Morgan fingerprint density at radius 2 is 1.56 bits per heavy atom. The van der Waals surface area contributed by atoms with E-state index in [0.717, 1.165) is 0 Å². The number of alkyl halides is 6. The van der Waals surface area contributed by atoms with Crippen molar-refractivity contribution < 1.29 is 35.9 Å². The van der Waals surface area contributed by atoms with Gasteiger partial charge in [0.1, 0.15) is 6.10 Å². The van der Waals surface area contributed by atoms with E-state index in [0.29, 0.717) is 0 Å². The number of hydrogen-bond acceptors (Lipinski definition) is 2. The third kappa shape index (κ3) is 5.82. The lowest BCUT2D eigenvalue weighted by Crippen LogP contribution is -2.35. The Bertz CT molecular complexity index is 242. The Morgan fingerprint density at radius 3 is 1.81 bits per heavy atom. The third-order valence-corrected chi connectivity index (χ3v) is 1.67. The Balaban J connectivity index is 4.54. The van der Waals surface area contributed by atoms with Crippen molar-refractivity contribution in [1.29, 1.82) is 0 Å². The minimum Gasteiger partial charge on any atom is -0.455 e. The van der Waals surface area contributed by atoms with Crippen molar-refractivity contribution in [3.63, 3.8) is 0 Å². The lowest BCUT2D eigenvalue weighted by molar-refractivity contribution is -0.216. The maximum Gasteiger partial charge on any atom is 0.490 e. The van der Waals surface area contributed by atoms with Crippen LogP contribution in [-0.4, -0.2) is 24.4 Å². The van der Waals surface area contributed by atoms with Crippen LogP contribution in [0.2, 0.25) is 0 Å². The Kier molecular flexibility index (Phi) is 4.63. The normalized spacial score (nSPS) is 15.1. The Morgan fingerprint density at radius 1 is 1.12 bits per heavy atom. The number of hydrogen-bond donors (Lipinski definition) is 0. The number of carbonyl (C=O) groups is 1. The molecule has 1 unspecified atom stereocenters. The second-order valence-corrected chi connectivity index (χ2v) is 3.50. The van der Waals surface area contributed by atoms with Gasteiger partial charge in [0, 0.05) is 0 Å². The average Bonchev–Trinajstić information content (AvgIpc) is 1.98. The molecule has 0 bridgehead atoms. The zero-order valence-corrected chi connectivity index (χ0v) is 8.45. The van der Waals surface area contributed by atoms with E-state index in [2.05, 4.69) is 4.74 Å². The third-order valence-electron chi connectivity index (χ3n) is 1.67. The van der Waals surface area contributed by atoms with Crippen molar-refractivity contribution in [3.8, 4) is 0 Å². The molecule has 1 atom stereocenters. The lowest BCUT2D eigenvalue weighted by Gasteiger charge is -2.22. The summed E-state index contributed by atoms with van der Waals surface area (Å²) in [5, 5.41) is 0. The minimum absolute atomic E-state index is 0.854. The summed E-state index contributed by atoms with van der Waals surface area (Å²) in [5.41, 5.74) is 0. The fourth-order valence-corrected chi connectivity index (χ4v) is 0.846. The van der Waals surface area contributed by atoms with Gasteiger partial charge in [0.15, 0.2) is 0 Å². The molecule has 0 aliphatic rings. The average molecular weight is 252 g/mol. The van der Waals surface area contributed by atoms with Crippen LogP contribution >= 0.6 is 0 Å². The molecule has 96 valence electrons. The topological polar surface area (TPSA) is 26.3 Å². The molecule has 0 spiro atoms. The van der Waals surface area contributed by atoms with Crippen LogP contribution in [0.15, 0.2) is 0 Å². The van der Waals surface area contributed by atoms with Gasteiger partial charge in [-0.15, -0.1) is 0 Å². The van der Waals surface area contributed by atoms with Gasteiger partial charge in [0.25, 0.3) is 0 Å². The molecule has 0 saturated carbocycles. The molecule has 0 heterocycles. The van der Waals surface area contributed by atoms with Crippen molar-refractivity contribution in [2.45, 2.75) is 38.7 Å². The Labute approximate surface area is 87.6 Å². The monoisotopic (exact) mass is 252 g/mol. The van der Waals surface area contributed by atoms with E-state index in [9.17, 15) is 31.1 Å². The van der Waals surface area contributed by atoms with Crippen molar-refractivity contribution in [3.05, 3.63) is 0 Å². The highest BCUT2D eigenvalue weighted by Gasteiger charge is 2.44. The standard InChI is InChI=1S/C8H10F6O2/c1-4(2)5(3-7(9,10)11)16-6(15)8(12,13)14/h4-5H,3H2,1-2H3. The van der Waals surface area contributed by atoms with E-state index >= 15 is 0 Å². The second-order valence-electron chi connectivity index (χ2n) is 3.50. The summed E-state index contributed by atoms with van der Waals surface area (Å²) in [6, 6.07) is 0. The molecule has 0 aromatic heterocycles. The summed E-state index contributed by atoms with van der Waals surface area (Å²) in [5.74, 6) is -3.46. The van der Waals surface area contributed by atoms with Crippen molar-refractivity contribution in [2.24, 2.45) is 5.92 Å². The largest absolute Gasteiger partial charge is 0.490 e. The molecule has 0 fully saturated rings. The summed E-state index contributed by atoms with van der Waals surface area (Å²) in [4.78, 5) is 10.4. The first-order valence-electron chi connectivity index (χ1n) is 4.28. The van der Waals surface area contributed by atoms with E-state index in [4.69, 9.17) is 0 Å². The van der Waals surface area contributed by atoms with Gasteiger partial charge >= 0.3 is 18.3 Å². The van der Waals surface area contributed by atoms with Crippen LogP contribution in [0.3, 0.4) is 0 Å². The molecular formula is C8H10F6O2. The van der Waals surface area contributed by atoms with E-state index < -0.39 is 36.8 Å². The fourth-order valence-electron chi connectivity index (χ4n) is 0.846. The highest BCUT2D eigenvalue weighted by molar-refractivity contribution is 5.75. The number of esters is 1. The molecular weight excluding hydrogens is 242 g/mol. The van der Waals surface area contributed by atoms with Gasteiger partial charge in [-0.2, -0.15) is 26.3 Å². The van der Waals surface area contributed by atoms with Crippen LogP contribution in [0.5, 0.6) is 0 Å². The first kappa shape index (κ1) is 15.0. The zero-order valence-electron chi connectivity index (χ0n) is 8.45. The maximum atomic E-state index is 11.9. The van der Waals surface area contributed by atoms with Gasteiger partial charge in [-0.05, 0) is 5.92 Å². The van der Waals surface area contributed by atoms with E-state index in [1.165, 1.54) is 13.8 Å². The number of carbonyl (C=O) groups excluding carboxylic acids is 1. The highest BCUT2D eigenvalue weighted by atomic mass is 19.4. The van der Waals surface area contributed by atoms with E-state index in [1.54, 1.807) is 0 Å². The van der Waals surface area contributed by atoms with Crippen LogP contribution in [0, 0.1) is 5.92 Å². The predicted octanol–water partition coefficient (Wildman–Crippen LogP) is 3.07. The number of halogens is 6. The lowest BCUT2D eigenvalue weighted by atomic mass is 10.0. The van der Waals surface area contributed by atoms with Gasteiger partial charge < -0.3 is 4.74 Å². The number of ether oxygens (including phenoxy) is 1. The summed E-state index contributed by atoms with van der Waals surface area (Å²) in [6.07, 6.45) is -13.4. The second kappa shape index (κ2) is 4.92. The quantitative estimate of drug-likeness (QED) is 0.570. The van der Waals surface area contributed by atoms with Gasteiger partial charge in [0.05, 0.1) is 6.42 Å². The molecule has 8 heteroatoms. The molecule has 0 amide bonds. The van der Waals surface area contributed by atoms with Crippen LogP contribution in [0.1, 0.15) is 20.3 Å². The molecule has 16 heavy (non-hydrogen) atoms. The molecule has 2 nitrogen and oxygen atoms in total. The van der Waals surface area contributed by atoms with E-state index in [1.807, 2.05) is 0 Å². The van der Waals surface area contributed by atoms with Crippen LogP contribution in [0.25, 0.3) is 0 Å². The van der Waals surface area contributed by atoms with Crippen molar-refractivity contribution in [1.82, 2.24) is 0 Å². The summed E-state index contributed by atoms with van der Waals surface area (Å²) >= 11 is 0. The first-order valence-corrected chi connectivity index (χ1v) is 4.28. The molecule has 0 saturated heterocycles. The van der Waals surface area contributed by atoms with Crippen molar-refractivity contribution in [2.75, 3.05) is 0 Å². The highest BCUT2D eigenvalue weighted by Crippen LogP contribution is 2.28. The number of rotatable bonds is 3. The van der Waals surface area contributed by atoms with Gasteiger partial charge in [-0.1, -0.05) is 13.8 Å². The molecule has 0 aromatic rings. The van der Waals surface area contributed by atoms with E-state index in [-0.39, 0.29) is 0 Å². The molecule has 0 N–H and O–H groups in total. The van der Waals surface area contributed by atoms with Crippen molar-refractivity contribution >= 4 is 5.97 Å². The summed E-state index contributed by atoms with van der Waals surface area (Å²) in [7, 11) is 0. The first-order chi connectivity index (χ1) is 6.93.